The summed E-state index contributed by atoms with van der Waals surface area (Å²) in [4.78, 5) is 26.4. The molecule has 3 rings (SSSR count). The molecule has 0 radical (unpaired) electrons. The Morgan fingerprint density at radius 1 is 1.50 bits per heavy atom. The highest BCUT2D eigenvalue weighted by molar-refractivity contribution is 5.80. The van der Waals surface area contributed by atoms with Gasteiger partial charge in [0.15, 0.2) is 5.65 Å². The third-order valence-electron chi connectivity index (χ3n) is 3.69. The molecule has 0 aromatic carbocycles. The molecule has 1 aliphatic rings. The van der Waals surface area contributed by atoms with Crippen LogP contribution in [0.25, 0.3) is 5.65 Å². The number of aromatic nitrogens is 3. The Labute approximate surface area is 115 Å². The molecule has 7 nitrogen and oxygen atoms in total. The Bertz CT molecular complexity index is 685. The summed E-state index contributed by atoms with van der Waals surface area (Å²) in [6.45, 7) is 4.78. The van der Waals surface area contributed by atoms with Crippen LogP contribution >= 0.6 is 0 Å². The molecule has 0 amide bonds. The number of nitrogens with one attached hydrogen (secondary N) is 1. The lowest BCUT2D eigenvalue weighted by atomic mass is 10.1. The average Bonchev–Trinajstić information content (AvgIpc) is 2.74. The monoisotopic (exact) mass is 275 g/mol. The van der Waals surface area contributed by atoms with E-state index in [1.54, 1.807) is 24.4 Å². The van der Waals surface area contributed by atoms with Crippen molar-refractivity contribution in [2.75, 3.05) is 26.2 Å². The molecule has 0 unspecified atom stereocenters. The standard InChI is InChI=1S/C13H17N5O2/c1-2-16(10-7-14-8-10)9-12(19)18-13(20)17-6-4-3-5-11(17)15-18/h3-6,10,14H,2,7-9H2,1H3. The maximum atomic E-state index is 12.3. The third kappa shape index (κ3) is 2.14. The van der Waals surface area contributed by atoms with Crippen molar-refractivity contribution in [3.05, 3.63) is 34.9 Å². The summed E-state index contributed by atoms with van der Waals surface area (Å²) in [5.74, 6) is -0.285. The van der Waals surface area contributed by atoms with Crippen molar-refractivity contribution in [3.8, 4) is 0 Å². The molecule has 2 aromatic heterocycles. The molecule has 1 fully saturated rings. The molecule has 1 saturated heterocycles. The summed E-state index contributed by atoms with van der Waals surface area (Å²) in [6, 6.07) is 5.60. The maximum absolute atomic E-state index is 12.3. The van der Waals surface area contributed by atoms with Gasteiger partial charge in [0.2, 0.25) is 0 Å². The van der Waals surface area contributed by atoms with Crippen LogP contribution in [0.5, 0.6) is 0 Å². The van der Waals surface area contributed by atoms with Crippen molar-refractivity contribution in [1.29, 1.82) is 0 Å². The van der Waals surface area contributed by atoms with E-state index in [-0.39, 0.29) is 12.5 Å². The van der Waals surface area contributed by atoms with Gasteiger partial charge >= 0.3 is 5.69 Å². The van der Waals surface area contributed by atoms with E-state index in [4.69, 9.17) is 0 Å². The van der Waals surface area contributed by atoms with E-state index in [1.807, 2.05) is 6.92 Å². The first kappa shape index (κ1) is 13.0. The lowest BCUT2D eigenvalue weighted by molar-refractivity contribution is 0.0754. The fourth-order valence-corrected chi connectivity index (χ4v) is 2.36. The second kappa shape index (κ2) is 5.18. The van der Waals surface area contributed by atoms with Gasteiger partial charge in [0.25, 0.3) is 5.91 Å². The van der Waals surface area contributed by atoms with Crippen molar-refractivity contribution in [2.45, 2.75) is 13.0 Å². The second-order valence-electron chi connectivity index (χ2n) is 4.89. The Morgan fingerprint density at radius 3 is 2.90 bits per heavy atom. The van der Waals surface area contributed by atoms with Crippen LogP contribution in [-0.4, -0.2) is 57.2 Å². The highest BCUT2D eigenvalue weighted by atomic mass is 16.2. The topological polar surface area (TPSA) is 71.6 Å². The number of rotatable bonds is 4. The summed E-state index contributed by atoms with van der Waals surface area (Å²) in [7, 11) is 0. The first-order valence-electron chi connectivity index (χ1n) is 6.75. The first-order valence-corrected chi connectivity index (χ1v) is 6.75. The van der Waals surface area contributed by atoms with Crippen molar-refractivity contribution in [2.24, 2.45) is 0 Å². The minimum Gasteiger partial charge on any atom is -0.314 e. The molecule has 106 valence electrons. The summed E-state index contributed by atoms with van der Waals surface area (Å²) in [5, 5.41) is 7.26. The SMILES string of the molecule is CCN(CC(=O)n1nc2ccccn2c1=O)C1CNC1. The van der Waals surface area contributed by atoms with Crippen LogP contribution in [0.4, 0.5) is 0 Å². The minimum atomic E-state index is -0.409. The second-order valence-corrected chi connectivity index (χ2v) is 4.89. The van der Waals surface area contributed by atoms with Crippen molar-refractivity contribution in [3.63, 3.8) is 0 Å². The van der Waals surface area contributed by atoms with E-state index in [0.29, 0.717) is 11.7 Å². The van der Waals surface area contributed by atoms with E-state index in [0.717, 1.165) is 24.3 Å². The molecule has 1 N–H and O–H groups in total. The van der Waals surface area contributed by atoms with Crippen molar-refractivity contribution < 1.29 is 4.79 Å². The van der Waals surface area contributed by atoms with Gasteiger partial charge in [0.1, 0.15) is 0 Å². The van der Waals surface area contributed by atoms with E-state index < -0.39 is 5.69 Å². The average molecular weight is 275 g/mol. The lowest BCUT2D eigenvalue weighted by Gasteiger charge is -2.36. The molecule has 0 atom stereocenters. The van der Waals surface area contributed by atoms with Gasteiger partial charge in [-0.25, -0.2) is 9.20 Å². The number of hydrogen-bond donors (Lipinski definition) is 1. The molecular weight excluding hydrogens is 258 g/mol. The summed E-state index contributed by atoms with van der Waals surface area (Å²) >= 11 is 0. The number of carbonyl (C=O) groups excluding carboxylic acids is 1. The van der Waals surface area contributed by atoms with Gasteiger partial charge in [-0.2, -0.15) is 0 Å². The zero-order valence-corrected chi connectivity index (χ0v) is 11.3. The predicted molar refractivity (Wildman–Crippen MR) is 74.0 cm³/mol. The highest BCUT2D eigenvalue weighted by Gasteiger charge is 2.26. The number of nitrogens with zero attached hydrogens (tertiary/aromatic N) is 4. The Hall–Kier alpha value is -1.99. The van der Waals surface area contributed by atoms with Crippen LogP contribution in [-0.2, 0) is 0 Å². The van der Waals surface area contributed by atoms with E-state index in [1.165, 1.54) is 4.40 Å². The maximum Gasteiger partial charge on any atom is 0.357 e. The van der Waals surface area contributed by atoms with Crippen LogP contribution in [0.3, 0.4) is 0 Å². The number of hydrogen-bond acceptors (Lipinski definition) is 5. The first-order chi connectivity index (χ1) is 9.70. The summed E-state index contributed by atoms with van der Waals surface area (Å²) < 4.78 is 2.34. The van der Waals surface area contributed by atoms with Gasteiger partial charge in [0, 0.05) is 25.3 Å². The molecule has 1 aliphatic heterocycles. The molecular formula is C13H17N5O2. The van der Waals surface area contributed by atoms with Crippen molar-refractivity contribution >= 4 is 11.6 Å². The predicted octanol–water partition coefficient (Wildman–Crippen LogP) is -0.570. The van der Waals surface area contributed by atoms with Gasteiger partial charge in [-0.1, -0.05) is 13.0 Å². The van der Waals surface area contributed by atoms with Gasteiger partial charge in [-0.15, -0.1) is 9.78 Å². The Kier molecular flexibility index (Phi) is 3.37. The van der Waals surface area contributed by atoms with Gasteiger partial charge in [-0.05, 0) is 18.7 Å². The molecule has 3 heterocycles. The molecule has 2 aromatic rings. The smallest absolute Gasteiger partial charge is 0.314 e. The zero-order chi connectivity index (χ0) is 14.1. The Morgan fingerprint density at radius 2 is 2.30 bits per heavy atom. The van der Waals surface area contributed by atoms with E-state index in [9.17, 15) is 9.59 Å². The zero-order valence-electron chi connectivity index (χ0n) is 11.3. The van der Waals surface area contributed by atoms with Crippen LogP contribution in [0.1, 0.15) is 11.7 Å². The van der Waals surface area contributed by atoms with Crippen LogP contribution in [0, 0.1) is 0 Å². The quantitative estimate of drug-likeness (QED) is 0.809. The number of likely N-dealkylation sites (N-methyl/N-ethyl adjacent to an activating group) is 1. The fraction of sp³-hybridized carbons (Fsp3) is 0.462. The molecule has 0 bridgehead atoms. The highest BCUT2D eigenvalue weighted by Crippen LogP contribution is 2.04. The Balaban J connectivity index is 1.84. The molecule has 7 heteroatoms. The molecule has 0 spiro atoms. The summed E-state index contributed by atoms with van der Waals surface area (Å²) in [6.07, 6.45) is 1.61. The van der Waals surface area contributed by atoms with Crippen molar-refractivity contribution in [1.82, 2.24) is 24.4 Å². The van der Waals surface area contributed by atoms with Gasteiger partial charge in [-0.3, -0.25) is 9.69 Å². The minimum absolute atomic E-state index is 0.215. The lowest BCUT2D eigenvalue weighted by Crippen LogP contribution is -2.58. The van der Waals surface area contributed by atoms with Crippen LogP contribution in [0.2, 0.25) is 0 Å². The molecule has 0 saturated carbocycles. The van der Waals surface area contributed by atoms with Gasteiger partial charge in [0.05, 0.1) is 6.54 Å². The number of carbonyl (C=O) groups is 1. The normalized spacial score (nSPS) is 15.7. The van der Waals surface area contributed by atoms with Crippen LogP contribution in [0.15, 0.2) is 29.2 Å². The number of pyridine rings is 1. The third-order valence-corrected chi connectivity index (χ3v) is 3.69. The molecule has 20 heavy (non-hydrogen) atoms. The van der Waals surface area contributed by atoms with Gasteiger partial charge < -0.3 is 5.32 Å². The summed E-state index contributed by atoms with van der Waals surface area (Å²) in [5.41, 5.74) is 0.0765. The molecule has 0 aliphatic carbocycles. The van der Waals surface area contributed by atoms with Crippen LogP contribution < -0.4 is 11.0 Å². The largest absolute Gasteiger partial charge is 0.357 e. The fourth-order valence-electron chi connectivity index (χ4n) is 2.36. The number of fused-ring (bicyclic) bond motifs is 1. The van der Waals surface area contributed by atoms with E-state index >= 15 is 0 Å². The van der Waals surface area contributed by atoms with E-state index in [2.05, 4.69) is 15.3 Å².